The number of carbonyl (C=O) groups excluding carboxylic acids is 4. The summed E-state index contributed by atoms with van der Waals surface area (Å²) in [4.78, 5) is 62.8. The van der Waals surface area contributed by atoms with Gasteiger partial charge >= 0.3 is 5.97 Å². The molecule has 0 heterocycles. The molecule has 0 aromatic rings. The summed E-state index contributed by atoms with van der Waals surface area (Å²) in [5.74, 6) is -5.27. The maximum Gasteiger partial charge on any atom is 0.326 e. The lowest BCUT2D eigenvalue weighted by molar-refractivity contribution is -0.144. The van der Waals surface area contributed by atoms with E-state index in [1.165, 1.54) is 6.92 Å². The van der Waals surface area contributed by atoms with Gasteiger partial charge in [0.15, 0.2) is 0 Å². The molecular weight excluding hydrogens is 470 g/mol. The number of hydrogen-bond donors (Lipinski definition) is 7. The third-order valence-electron chi connectivity index (χ3n) is 5.79. The van der Waals surface area contributed by atoms with Crippen LogP contribution in [0.15, 0.2) is 0 Å². The zero-order valence-corrected chi connectivity index (χ0v) is 22.8. The Morgan fingerprint density at radius 2 is 0.778 bits per heavy atom. The minimum absolute atomic E-state index is 0.357. The fraction of sp³-hybridized carbons (Fsp3) is 0.792. The summed E-state index contributed by atoms with van der Waals surface area (Å²) in [6.07, 6.45) is -1.12. The van der Waals surface area contributed by atoms with Crippen LogP contribution in [-0.2, 0) is 24.0 Å². The van der Waals surface area contributed by atoms with E-state index in [2.05, 4.69) is 21.3 Å². The molecule has 4 amide bonds. The lowest BCUT2D eigenvalue weighted by Crippen LogP contribution is -2.61. The van der Waals surface area contributed by atoms with Crippen molar-refractivity contribution in [2.24, 2.45) is 29.4 Å². The molecule has 0 aliphatic heterocycles. The Bertz CT molecular complexity index is 783. The van der Waals surface area contributed by atoms with Crippen LogP contribution in [0.25, 0.3) is 0 Å². The SMILES string of the molecule is CC(C)[C@H](NC(=O)[C@@H](NC(=O)[C@@H](NC(=O)[C@@H](NC(=O)[C@@H](N)[C@@H](C)O)C(C)C)C(C)C)C(C)C)C(=O)O. The fourth-order valence-corrected chi connectivity index (χ4v) is 3.32. The zero-order valence-electron chi connectivity index (χ0n) is 22.8. The van der Waals surface area contributed by atoms with Crippen molar-refractivity contribution >= 4 is 29.6 Å². The Kier molecular flexibility index (Phi) is 13.6. The largest absolute Gasteiger partial charge is 0.480 e. The molecule has 12 heteroatoms. The van der Waals surface area contributed by atoms with Crippen molar-refractivity contribution in [3.05, 3.63) is 0 Å². The smallest absolute Gasteiger partial charge is 0.326 e. The van der Waals surface area contributed by atoms with Gasteiger partial charge in [0.25, 0.3) is 0 Å². The van der Waals surface area contributed by atoms with Gasteiger partial charge < -0.3 is 37.2 Å². The molecule has 0 saturated carbocycles. The summed E-state index contributed by atoms with van der Waals surface area (Å²) in [5.41, 5.74) is 5.66. The standard InChI is InChI=1S/C24H45N5O7/c1-10(2)16(26-20(31)15(25)14(9)30)21(32)27-17(11(3)4)22(33)28-18(12(5)6)23(34)29-19(13(7)8)24(35)36/h10-19,30H,25H2,1-9H3,(H,26,31)(H,27,32)(H,28,33)(H,29,34)(H,35,36)/t14-,15+,16+,17+,18+,19+/m1/s1. The normalized spacial score (nSPS) is 16.6. The first-order valence-electron chi connectivity index (χ1n) is 12.3. The second kappa shape index (κ2) is 14.7. The molecule has 0 aliphatic carbocycles. The molecule has 0 saturated heterocycles. The monoisotopic (exact) mass is 515 g/mol. The van der Waals surface area contributed by atoms with Crippen LogP contribution in [-0.4, -0.2) is 76.1 Å². The van der Waals surface area contributed by atoms with Gasteiger partial charge in [-0.15, -0.1) is 0 Å². The van der Waals surface area contributed by atoms with Gasteiger partial charge in [-0.3, -0.25) is 19.2 Å². The van der Waals surface area contributed by atoms with Crippen LogP contribution in [0.1, 0.15) is 62.3 Å². The summed E-state index contributed by atoms with van der Waals surface area (Å²) in [6, 6.07) is -5.46. The number of aliphatic carboxylic acids is 1. The number of carboxylic acid groups (broad SMARTS) is 1. The predicted molar refractivity (Wildman–Crippen MR) is 134 cm³/mol. The Labute approximate surface area is 213 Å². The Morgan fingerprint density at radius 1 is 0.528 bits per heavy atom. The lowest BCUT2D eigenvalue weighted by Gasteiger charge is -2.30. The van der Waals surface area contributed by atoms with E-state index in [4.69, 9.17) is 5.73 Å². The highest BCUT2D eigenvalue weighted by Gasteiger charge is 2.35. The maximum absolute atomic E-state index is 13.1. The molecule has 208 valence electrons. The summed E-state index contributed by atoms with van der Waals surface area (Å²) >= 11 is 0. The van der Waals surface area contributed by atoms with E-state index in [0.717, 1.165) is 0 Å². The number of nitrogens with two attached hydrogens (primary N) is 1. The zero-order chi connectivity index (χ0) is 28.5. The highest BCUT2D eigenvalue weighted by atomic mass is 16.4. The molecular formula is C24H45N5O7. The first-order valence-corrected chi connectivity index (χ1v) is 12.3. The third-order valence-corrected chi connectivity index (χ3v) is 5.79. The molecule has 0 spiro atoms. The first kappa shape index (κ1) is 33.3. The number of amides is 4. The Hall–Kier alpha value is -2.73. The molecule has 8 N–H and O–H groups in total. The highest BCUT2D eigenvalue weighted by molar-refractivity contribution is 5.95. The van der Waals surface area contributed by atoms with Gasteiger partial charge in [0.2, 0.25) is 23.6 Å². The van der Waals surface area contributed by atoms with Crippen LogP contribution in [0, 0.1) is 23.7 Å². The molecule has 0 radical (unpaired) electrons. The number of carboxylic acids is 1. The van der Waals surface area contributed by atoms with E-state index in [1.807, 2.05) is 0 Å². The summed E-state index contributed by atoms with van der Waals surface area (Å²) in [6.45, 7) is 14.9. The van der Waals surface area contributed by atoms with Crippen molar-refractivity contribution in [2.75, 3.05) is 0 Å². The van der Waals surface area contributed by atoms with Gasteiger partial charge in [0.1, 0.15) is 30.2 Å². The molecule has 0 bridgehead atoms. The molecule has 36 heavy (non-hydrogen) atoms. The molecule has 6 atom stereocenters. The van der Waals surface area contributed by atoms with E-state index < -0.39 is 65.9 Å². The van der Waals surface area contributed by atoms with Crippen LogP contribution < -0.4 is 27.0 Å². The van der Waals surface area contributed by atoms with Crippen LogP contribution in [0.3, 0.4) is 0 Å². The first-order chi connectivity index (χ1) is 16.4. The van der Waals surface area contributed by atoms with Crippen LogP contribution in [0.4, 0.5) is 0 Å². The summed E-state index contributed by atoms with van der Waals surface area (Å²) in [7, 11) is 0. The van der Waals surface area contributed by atoms with Crippen LogP contribution >= 0.6 is 0 Å². The summed E-state index contributed by atoms with van der Waals surface area (Å²) < 4.78 is 0. The molecule has 0 aromatic carbocycles. The average Bonchev–Trinajstić information content (AvgIpc) is 2.75. The van der Waals surface area contributed by atoms with Gasteiger partial charge in [-0.1, -0.05) is 55.4 Å². The van der Waals surface area contributed by atoms with E-state index in [-0.39, 0.29) is 23.7 Å². The average molecular weight is 516 g/mol. The molecule has 0 aromatic heterocycles. The Balaban J connectivity index is 5.64. The van der Waals surface area contributed by atoms with Gasteiger partial charge in [-0.2, -0.15) is 0 Å². The second-order valence-corrected chi connectivity index (χ2v) is 10.5. The molecule has 12 nitrogen and oxygen atoms in total. The van der Waals surface area contributed by atoms with Gasteiger partial charge in [0, 0.05) is 0 Å². The number of carbonyl (C=O) groups is 5. The number of nitrogens with one attached hydrogen (secondary N) is 4. The van der Waals surface area contributed by atoms with Crippen molar-refractivity contribution in [1.82, 2.24) is 21.3 Å². The quantitative estimate of drug-likeness (QED) is 0.158. The van der Waals surface area contributed by atoms with E-state index in [0.29, 0.717) is 0 Å². The molecule has 0 aliphatic rings. The van der Waals surface area contributed by atoms with Gasteiger partial charge in [-0.05, 0) is 30.6 Å². The van der Waals surface area contributed by atoms with Gasteiger partial charge in [-0.25, -0.2) is 4.79 Å². The van der Waals surface area contributed by atoms with E-state index in [1.54, 1.807) is 55.4 Å². The van der Waals surface area contributed by atoms with E-state index >= 15 is 0 Å². The topological polar surface area (TPSA) is 200 Å². The molecule has 0 fully saturated rings. The van der Waals surface area contributed by atoms with Gasteiger partial charge in [0.05, 0.1) is 6.10 Å². The maximum atomic E-state index is 13.1. The number of hydrogen-bond acceptors (Lipinski definition) is 7. The minimum atomic E-state index is -1.23. The van der Waals surface area contributed by atoms with Crippen LogP contribution in [0.5, 0.6) is 0 Å². The lowest BCUT2D eigenvalue weighted by atomic mass is 9.97. The minimum Gasteiger partial charge on any atom is -0.480 e. The van der Waals surface area contributed by atoms with Crippen molar-refractivity contribution in [1.29, 1.82) is 0 Å². The fourth-order valence-electron chi connectivity index (χ4n) is 3.32. The molecule has 0 unspecified atom stereocenters. The second-order valence-electron chi connectivity index (χ2n) is 10.5. The molecule has 0 rings (SSSR count). The number of aliphatic hydroxyl groups excluding tert-OH is 1. The Morgan fingerprint density at radius 3 is 1.00 bits per heavy atom. The van der Waals surface area contributed by atoms with Crippen molar-refractivity contribution in [3.8, 4) is 0 Å². The summed E-state index contributed by atoms with van der Waals surface area (Å²) in [5, 5.41) is 29.2. The highest BCUT2D eigenvalue weighted by Crippen LogP contribution is 2.10. The van der Waals surface area contributed by atoms with Crippen molar-refractivity contribution in [3.63, 3.8) is 0 Å². The van der Waals surface area contributed by atoms with Crippen LogP contribution in [0.2, 0.25) is 0 Å². The van der Waals surface area contributed by atoms with Crippen molar-refractivity contribution < 1.29 is 34.2 Å². The third kappa shape index (κ3) is 10.1. The number of aliphatic hydroxyl groups is 1. The number of rotatable bonds is 14. The van der Waals surface area contributed by atoms with E-state index in [9.17, 15) is 34.2 Å². The van der Waals surface area contributed by atoms with Crippen molar-refractivity contribution in [2.45, 2.75) is 98.6 Å². The predicted octanol–water partition coefficient (Wildman–Crippen LogP) is -0.658.